The summed E-state index contributed by atoms with van der Waals surface area (Å²) in [6.45, 7) is 0. The Hall–Kier alpha value is -3.86. The van der Waals surface area contributed by atoms with Crippen molar-refractivity contribution in [3.05, 3.63) is 103 Å². The van der Waals surface area contributed by atoms with Gasteiger partial charge in [-0.15, -0.1) is 10.2 Å². The molecule has 1 heterocycles. The second-order valence-corrected chi connectivity index (χ2v) is 5.84. The number of para-hydroxylation sites is 2. The molecule has 0 aliphatic heterocycles. The van der Waals surface area contributed by atoms with Gasteiger partial charge in [-0.1, -0.05) is 66.7 Å². The zero-order chi connectivity index (χ0) is 18.3. The van der Waals surface area contributed by atoms with E-state index < -0.39 is 0 Å². The van der Waals surface area contributed by atoms with E-state index in [2.05, 4.69) is 25.7 Å². The topological polar surface area (TPSA) is 62.0 Å². The van der Waals surface area contributed by atoms with Gasteiger partial charge in [0.15, 0.2) is 5.82 Å². The summed E-state index contributed by atoms with van der Waals surface area (Å²) in [5.74, 6) is 1.02. The number of aromatic nitrogens is 1. The Kier molecular flexibility index (Phi) is 4.93. The molecule has 4 rings (SSSR count). The minimum Gasteiger partial charge on any atom is -0.276 e. The molecule has 0 atom stereocenters. The number of anilines is 1. The number of nitrogens with zero attached hydrogens (tertiary/aromatic N) is 4. The van der Waals surface area contributed by atoms with Gasteiger partial charge in [-0.25, -0.2) is 4.98 Å². The Bertz CT molecular complexity index is 1090. The Balaban J connectivity index is 1.64. The normalized spacial score (nSPS) is 11.8. The van der Waals surface area contributed by atoms with Crippen molar-refractivity contribution < 1.29 is 0 Å². The highest BCUT2D eigenvalue weighted by molar-refractivity contribution is 5.99. The Morgan fingerprint density at radius 3 is 2.22 bits per heavy atom. The number of amidine groups is 1. The summed E-state index contributed by atoms with van der Waals surface area (Å²) in [5.41, 5.74) is 5.65. The van der Waals surface area contributed by atoms with E-state index in [4.69, 9.17) is 0 Å². The van der Waals surface area contributed by atoms with Crippen molar-refractivity contribution in [3.8, 4) is 0 Å². The van der Waals surface area contributed by atoms with Crippen molar-refractivity contribution in [1.82, 2.24) is 4.98 Å². The number of fused-ring (bicyclic) bond motifs is 1. The fraction of sp³-hybridized carbons (Fsp3) is 0. The first-order valence-corrected chi connectivity index (χ1v) is 8.60. The highest BCUT2D eigenvalue weighted by Crippen LogP contribution is 2.17. The predicted octanol–water partition coefficient (Wildman–Crippen LogP) is 5.79. The quantitative estimate of drug-likeness (QED) is 0.219. The molecule has 1 aromatic heterocycles. The number of hydrazone groups is 1. The molecule has 4 aromatic rings. The molecule has 0 amide bonds. The maximum absolute atomic E-state index is 4.52. The molecule has 1 N–H and O–H groups in total. The van der Waals surface area contributed by atoms with Gasteiger partial charge < -0.3 is 0 Å². The number of pyridine rings is 1. The van der Waals surface area contributed by atoms with Crippen LogP contribution in [0.5, 0.6) is 0 Å². The molecular formula is C22H17N5. The summed E-state index contributed by atoms with van der Waals surface area (Å²) in [6.07, 6.45) is 0. The van der Waals surface area contributed by atoms with Crippen molar-refractivity contribution in [3.63, 3.8) is 0 Å². The monoisotopic (exact) mass is 351 g/mol. The summed E-state index contributed by atoms with van der Waals surface area (Å²) in [7, 11) is 0. The van der Waals surface area contributed by atoms with Gasteiger partial charge >= 0.3 is 0 Å². The van der Waals surface area contributed by atoms with Crippen LogP contribution >= 0.6 is 0 Å². The van der Waals surface area contributed by atoms with Gasteiger partial charge in [-0.3, -0.25) is 5.43 Å². The SMILES string of the molecule is c1ccc(N/N=C(/N=Nc2ccc3ccccc3n2)c2ccccc2)cc1. The predicted molar refractivity (Wildman–Crippen MR) is 109 cm³/mol. The van der Waals surface area contributed by atoms with Crippen LogP contribution in [0.4, 0.5) is 11.5 Å². The number of hydrogen-bond donors (Lipinski definition) is 1. The molecule has 0 saturated heterocycles. The summed E-state index contributed by atoms with van der Waals surface area (Å²) >= 11 is 0. The fourth-order valence-electron chi connectivity index (χ4n) is 2.57. The Labute approximate surface area is 157 Å². The molecular weight excluding hydrogens is 334 g/mol. The highest BCUT2D eigenvalue weighted by atomic mass is 15.3. The lowest BCUT2D eigenvalue weighted by molar-refractivity contribution is 1.18. The number of nitrogens with one attached hydrogen (secondary N) is 1. The third kappa shape index (κ3) is 4.22. The summed E-state index contributed by atoms with van der Waals surface area (Å²) in [6, 6.07) is 31.2. The second kappa shape index (κ2) is 8.01. The van der Waals surface area contributed by atoms with Crippen LogP contribution in [-0.4, -0.2) is 10.8 Å². The van der Waals surface area contributed by atoms with Crippen LogP contribution in [0.1, 0.15) is 5.56 Å². The van der Waals surface area contributed by atoms with Gasteiger partial charge in [0.05, 0.1) is 11.2 Å². The van der Waals surface area contributed by atoms with E-state index in [9.17, 15) is 0 Å². The third-order valence-corrected chi connectivity index (χ3v) is 3.93. The average Bonchev–Trinajstić information content (AvgIpc) is 2.75. The van der Waals surface area contributed by atoms with Gasteiger partial charge in [-0.05, 0) is 30.3 Å². The summed E-state index contributed by atoms with van der Waals surface area (Å²) < 4.78 is 0. The van der Waals surface area contributed by atoms with E-state index in [1.54, 1.807) is 0 Å². The number of hydrogen-bond acceptors (Lipinski definition) is 4. The van der Waals surface area contributed by atoms with Gasteiger partial charge in [-0.2, -0.15) is 5.10 Å². The number of rotatable bonds is 4. The number of azo groups is 1. The molecule has 0 spiro atoms. The molecule has 0 unspecified atom stereocenters. The summed E-state index contributed by atoms with van der Waals surface area (Å²) in [5, 5.41) is 14.1. The van der Waals surface area contributed by atoms with E-state index in [0.717, 1.165) is 22.2 Å². The minimum atomic E-state index is 0.481. The standard InChI is InChI=1S/C22H17N5/c1-3-10-18(11-4-1)22(26-24-19-12-5-2-6-13-19)27-25-21-16-15-17-9-7-8-14-20(17)23-21/h1-16,24H/b26-22+,27-25?. The smallest absolute Gasteiger partial charge is 0.201 e. The largest absolute Gasteiger partial charge is 0.276 e. The van der Waals surface area contributed by atoms with Crippen LogP contribution in [0.2, 0.25) is 0 Å². The summed E-state index contributed by atoms with van der Waals surface area (Å²) in [4.78, 5) is 4.52. The first kappa shape index (κ1) is 16.6. The maximum Gasteiger partial charge on any atom is 0.201 e. The van der Waals surface area contributed by atoms with Crippen LogP contribution in [0.15, 0.2) is 112 Å². The van der Waals surface area contributed by atoms with E-state index in [1.807, 2.05) is 97.1 Å². The molecule has 0 aliphatic rings. The lowest BCUT2D eigenvalue weighted by Crippen LogP contribution is -2.01. The number of benzene rings is 3. The second-order valence-electron chi connectivity index (χ2n) is 5.84. The fourth-order valence-corrected chi connectivity index (χ4v) is 2.57. The third-order valence-electron chi connectivity index (χ3n) is 3.93. The lowest BCUT2D eigenvalue weighted by atomic mass is 10.2. The van der Waals surface area contributed by atoms with Gasteiger partial charge in [0, 0.05) is 10.9 Å². The average molecular weight is 351 g/mol. The van der Waals surface area contributed by atoms with Crippen LogP contribution in [0, 0.1) is 0 Å². The van der Waals surface area contributed by atoms with Gasteiger partial charge in [0.25, 0.3) is 0 Å². The van der Waals surface area contributed by atoms with Crippen LogP contribution in [0.3, 0.4) is 0 Å². The van der Waals surface area contributed by atoms with Crippen LogP contribution < -0.4 is 5.43 Å². The first-order chi connectivity index (χ1) is 13.4. The van der Waals surface area contributed by atoms with E-state index in [-0.39, 0.29) is 0 Å². The van der Waals surface area contributed by atoms with Crippen molar-refractivity contribution in [2.75, 3.05) is 5.43 Å². The molecule has 3 aromatic carbocycles. The zero-order valence-electron chi connectivity index (χ0n) is 14.5. The molecule has 130 valence electrons. The van der Waals surface area contributed by atoms with Crippen molar-refractivity contribution in [2.24, 2.45) is 15.3 Å². The van der Waals surface area contributed by atoms with Crippen molar-refractivity contribution in [2.45, 2.75) is 0 Å². The maximum atomic E-state index is 4.52. The Morgan fingerprint density at radius 2 is 1.41 bits per heavy atom. The van der Waals surface area contributed by atoms with Gasteiger partial charge in [0.1, 0.15) is 0 Å². The van der Waals surface area contributed by atoms with E-state index in [0.29, 0.717) is 11.7 Å². The molecule has 0 fully saturated rings. The highest BCUT2D eigenvalue weighted by Gasteiger charge is 2.03. The molecule has 0 saturated carbocycles. The lowest BCUT2D eigenvalue weighted by Gasteiger charge is -2.03. The first-order valence-electron chi connectivity index (χ1n) is 8.60. The molecule has 5 heteroatoms. The van der Waals surface area contributed by atoms with E-state index >= 15 is 0 Å². The zero-order valence-corrected chi connectivity index (χ0v) is 14.5. The Morgan fingerprint density at radius 1 is 0.704 bits per heavy atom. The van der Waals surface area contributed by atoms with Crippen molar-refractivity contribution >= 4 is 28.2 Å². The van der Waals surface area contributed by atoms with Crippen LogP contribution in [-0.2, 0) is 0 Å². The van der Waals surface area contributed by atoms with Crippen LogP contribution in [0.25, 0.3) is 10.9 Å². The van der Waals surface area contributed by atoms with E-state index in [1.165, 1.54) is 0 Å². The molecule has 0 bridgehead atoms. The molecule has 0 radical (unpaired) electrons. The minimum absolute atomic E-state index is 0.481. The van der Waals surface area contributed by atoms with Crippen molar-refractivity contribution in [1.29, 1.82) is 0 Å². The van der Waals surface area contributed by atoms with Gasteiger partial charge in [0.2, 0.25) is 5.84 Å². The molecule has 27 heavy (non-hydrogen) atoms. The molecule has 5 nitrogen and oxygen atoms in total. The molecule has 0 aliphatic carbocycles.